The Kier molecular flexibility index (Phi) is 4.97. The topological polar surface area (TPSA) is 32.3 Å². The Morgan fingerprint density at radius 2 is 1.50 bits per heavy atom. The van der Waals surface area contributed by atoms with Gasteiger partial charge in [0.1, 0.15) is 0 Å². The van der Waals surface area contributed by atoms with Gasteiger partial charge in [0.15, 0.2) is 0 Å². The van der Waals surface area contributed by atoms with Gasteiger partial charge in [-0.15, -0.1) is 0 Å². The standard InChI is InChI=1S/C14H23NO/c1-10(2)13-5-7-14(8-6-13)12(4)15-9-11(3)16/h5-8,10-12,15-16H,9H2,1-4H3/t11-,12?/m1/s1. The van der Waals surface area contributed by atoms with Crippen molar-refractivity contribution in [3.05, 3.63) is 35.4 Å². The normalized spacial score (nSPS) is 15.1. The number of aliphatic hydroxyl groups is 1. The summed E-state index contributed by atoms with van der Waals surface area (Å²) < 4.78 is 0. The van der Waals surface area contributed by atoms with Crippen LogP contribution in [0.1, 0.15) is 50.8 Å². The zero-order valence-electron chi connectivity index (χ0n) is 10.7. The van der Waals surface area contributed by atoms with E-state index in [9.17, 15) is 5.11 Å². The summed E-state index contributed by atoms with van der Waals surface area (Å²) in [4.78, 5) is 0. The van der Waals surface area contributed by atoms with Gasteiger partial charge in [-0.25, -0.2) is 0 Å². The molecule has 2 atom stereocenters. The van der Waals surface area contributed by atoms with Crippen molar-refractivity contribution in [2.75, 3.05) is 6.54 Å². The quantitative estimate of drug-likeness (QED) is 0.801. The molecule has 0 heterocycles. The van der Waals surface area contributed by atoms with Crippen molar-refractivity contribution in [2.45, 2.75) is 45.8 Å². The third kappa shape index (κ3) is 3.95. The summed E-state index contributed by atoms with van der Waals surface area (Å²) in [6.07, 6.45) is -0.294. The Morgan fingerprint density at radius 3 is 1.94 bits per heavy atom. The van der Waals surface area contributed by atoms with Gasteiger partial charge < -0.3 is 10.4 Å². The van der Waals surface area contributed by atoms with Gasteiger partial charge in [-0.2, -0.15) is 0 Å². The number of aliphatic hydroxyl groups excluding tert-OH is 1. The van der Waals surface area contributed by atoms with E-state index in [1.54, 1.807) is 6.92 Å². The van der Waals surface area contributed by atoms with Gasteiger partial charge in [-0.1, -0.05) is 38.1 Å². The fourth-order valence-electron chi connectivity index (χ4n) is 1.63. The first-order valence-corrected chi connectivity index (χ1v) is 6.02. The van der Waals surface area contributed by atoms with E-state index in [4.69, 9.17) is 0 Å². The van der Waals surface area contributed by atoms with Crippen LogP contribution in [-0.4, -0.2) is 17.8 Å². The Bertz CT molecular complexity index is 303. The molecule has 0 aromatic heterocycles. The van der Waals surface area contributed by atoms with E-state index in [1.165, 1.54) is 11.1 Å². The van der Waals surface area contributed by atoms with Gasteiger partial charge in [-0.05, 0) is 30.9 Å². The van der Waals surface area contributed by atoms with E-state index in [0.717, 1.165) is 0 Å². The first kappa shape index (κ1) is 13.2. The number of benzene rings is 1. The number of nitrogens with one attached hydrogen (secondary N) is 1. The monoisotopic (exact) mass is 221 g/mol. The molecule has 0 amide bonds. The lowest BCUT2D eigenvalue weighted by molar-refractivity contribution is 0.187. The van der Waals surface area contributed by atoms with Crippen molar-refractivity contribution < 1.29 is 5.11 Å². The van der Waals surface area contributed by atoms with Crippen molar-refractivity contribution in [3.63, 3.8) is 0 Å². The molecule has 1 aromatic carbocycles. The summed E-state index contributed by atoms with van der Waals surface area (Å²) in [6, 6.07) is 8.97. The molecule has 1 unspecified atom stereocenters. The van der Waals surface area contributed by atoms with Crippen molar-refractivity contribution in [1.82, 2.24) is 5.32 Å². The van der Waals surface area contributed by atoms with Crippen LogP contribution in [0.5, 0.6) is 0 Å². The van der Waals surface area contributed by atoms with Crippen molar-refractivity contribution in [3.8, 4) is 0 Å². The summed E-state index contributed by atoms with van der Waals surface area (Å²) in [7, 11) is 0. The van der Waals surface area contributed by atoms with E-state index in [-0.39, 0.29) is 12.1 Å². The largest absolute Gasteiger partial charge is 0.392 e. The Hall–Kier alpha value is -0.860. The fraction of sp³-hybridized carbons (Fsp3) is 0.571. The molecule has 2 nitrogen and oxygen atoms in total. The van der Waals surface area contributed by atoms with Gasteiger partial charge in [-0.3, -0.25) is 0 Å². The lowest BCUT2D eigenvalue weighted by Crippen LogP contribution is -2.27. The number of hydrogen-bond donors (Lipinski definition) is 2. The zero-order chi connectivity index (χ0) is 12.1. The predicted octanol–water partition coefficient (Wildman–Crippen LogP) is 2.84. The maximum Gasteiger partial charge on any atom is 0.0636 e. The second-order valence-electron chi connectivity index (χ2n) is 4.80. The molecule has 0 aliphatic rings. The molecular formula is C14H23NO. The van der Waals surface area contributed by atoms with Crippen LogP contribution in [0.15, 0.2) is 24.3 Å². The maximum atomic E-state index is 9.20. The number of hydrogen-bond acceptors (Lipinski definition) is 2. The first-order valence-electron chi connectivity index (χ1n) is 6.02. The molecule has 0 aliphatic heterocycles. The minimum Gasteiger partial charge on any atom is -0.392 e. The minimum atomic E-state index is -0.294. The minimum absolute atomic E-state index is 0.288. The summed E-state index contributed by atoms with van der Waals surface area (Å²) in [5.74, 6) is 0.578. The van der Waals surface area contributed by atoms with Gasteiger partial charge >= 0.3 is 0 Å². The van der Waals surface area contributed by atoms with Crippen LogP contribution in [0.25, 0.3) is 0 Å². The third-order valence-corrected chi connectivity index (χ3v) is 2.82. The predicted molar refractivity (Wildman–Crippen MR) is 68.6 cm³/mol. The molecule has 0 radical (unpaired) electrons. The molecule has 90 valence electrons. The van der Waals surface area contributed by atoms with Crippen LogP contribution in [-0.2, 0) is 0 Å². The van der Waals surface area contributed by atoms with Gasteiger partial charge in [0.25, 0.3) is 0 Å². The molecule has 1 rings (SSSR count). The molecule has 0 spiro atoms. The molecule has 2 N–H and O–H groups in total. The first-order chi connectivity index (χ1) is 7.50. The second kappa shape index (κ2) is 6.02. The molecule has 0 saturated carbocycles. The molecule has 0 aliphatic carbocycles. The average Bonchev–Trinajstić information content (AvgIpc) is 2.26. The summed E-state index contributed by atoms with van der Waals surface area (Å²) in [5.41, 5.74) is 2.64. The van der Waals surface area contributed by atoms with Crippen LogP contribution in [0.3, 0.4) is 0 Å². The average molecular weight is 221 g/mol. The molecular weight excluding hydrogens is 198 g/mol. The Balaban J connectivity index is 2.59. The zero-order valence-corrected chi connectivity index (χ0v) is 10.7. The molecule has 1 aromatic rings. The molecule has 0 fully saturated rings. The van der Waals surface area contributed by atoms with Crippen LogP contribution < -0.4 is 5.32 Å². The molecule has 2 heteroatoms. The van der Waals surface area contributed by atoms with Gasteiger partial charge in [0.2, 0.25) is 0 Å². The summed E-state index contributed by atoms with van der Waals surface area (Å²) >= 11 is 0. The molecule has 0 saturated heterocycles. The Labute approximate surface area is 98.7 Å². The SMILES string of the molecule is CC(C)c1ccc(C(C)NC[C@@H](C)O)cc1. The fourth-order valence-corrected chi connectivity index (χ4v) is 1.63. The number of rotatable bonds is 5. The van der Waals surface area contributed by atoms with Crippen molar-refractivity contribution in [1.29, 1.82) is 0 Å². The van der Waals surface area contributed by atoms with Crippen LogP contribution in [0.4, 0.5) is 0 Å². The highest BCUT2D eigenvalue weighted by molar-refractivity contribution is 5.26. The van der Waals surface area contributed by atoms with Crippen LogP contribution in [0, 0.1) is 0 Å². The van der Waals surface area contributed by atoms with Crippen LogP contribution >= 0.6 is 0 Å². The highest BCUT2D eigenvalue weighted by Crippen LogP contribution is 2.18. The second-order valence-corrected chi connectivity index (χ2v) is 4.80. The van der Waals surface area contributed by atoms with E-state index >= 15 is 0 Å². The van der Waals surface area contributed by atoms with Crippen molar-refractivity contribution in [2.24, 2.45) is 0 Å². The highest BCUT2D eigenvalue weighted by atomic mass is 16.3. The molecule has 16 heavy (non-hydrogen) atoms. The lowest BCUT2D eigenvalue weighted by atomic mass is 9.99. The summed E-state index contributed by atoms with van der Waals surface area (Å²) in [6.45, 7) is 8.94. The molecule has 0 bridgehead atoms. The van der Waals surface area contributed by atoms with Crippen LogP contribution in [0.2, 0.25) is 0 Å². The Morgan fingerprint density at radius 1 is 1.00 bits per heavy atom. The van der Waals surface area contributed by atoms with Crippen molar-refractivity contribution >= 4 is 0 Å². The van der Waals surface area contributed by atoms with E-state index in [0.29, 0.717) is 12.5 Å². The van der Waals surface area contributed by atoms with E-state index in [1.807, 2.05) is 0 Å². The van der Waals surface area contributed by atoms with E-state index in [2.05, 4.69) is 50.4 Å². The highest BCUT2D eigenvalue weighted by Gasteiger charge is 2.06. The smallest absolute Gasteiger partial charge is 0.0636 e. The summed E-state index contributed by atoms with van der Waals surface area (Å²) in [5, 5.41) is 12.5. The van der Waals surface area contributed by atoms with Gasteiger partial charge in [0, 0.05) is 12.6 Å². The van der Waals surface area contributed by atoms with Gasteiger partial charge in [0.05, 0.1) is 6.10 Å². The lowest BCUT2D eigenvalue weighted by Gasteiger charge is -2.16. The third-order valence-electron chi connectivity index (χ3n) is 2.82. The maximum absolute atomic E-state index is 9.20. The van der Waals surface area contributed by atoms with E-state index < -0.39 is 0 Å².